The van der Waals surface area contributed by atoms with Crippen molar-refractivity contribution in [3.63, 3.8) is 0 Å². The lowest BCUT2D eigenvalue weighted by molar-refractivity contribution is -0.141. The maximum atomic E-state index is 10.8. The van der Waals surface area contributed by atoms with Gasteiger partial charge in [-0.25, -0.2) is 0 Å². The van der Waals surface area contributed by atoms with Gasteiger partial charge in [-0.05, 0) is 5.57 Å². The first-order valence-corrected chi connectivity index (χ1v) is 3.45. The van der Waals surface area contributed by atoms with Gasteiger partial charge in [0.1, 0.15) is 0 Å². The Balaban J connectivity index is 3.92. The maximum absolute atomic E-state index is 10.8. The summed E-state index contributed by atoms with van der Waals surface area (Å²) in [6.07, 6.45) is -0.424. The highest BCUT2D eigenvalue weighted by Gasteiger charge is 2.13. The highest BCUT2D eigenvalue weighted by atomic mass is 16.7. The van der Waals surface area contributed by atoms with E-state index in [9.17, 15) is 4.79 Å². The number of ether oxygens (including phenoxy) is 3. The second-order valence-corrected chi connectivity index (χ2v) is 2.21. The summed E-state index contributed by atoms with van der Waals surface area (Å²) in [7, 11) is 4.29. The van der Waals surface area contributed by atoms with E-state index in [1.165, 1.54) is 21.3 Å². The Kier molecular flexibility index (Phi) is 5.32. The normalized spacial score (nSPS) is 10.0. The Labute approximate surface area is 72.1 Å². The molecular formula is C8H14O4. The van der Waals surface area contributed by atoms with Gasteiger partial charge in [0.15, 0.2) is 6.29 Å². The van der Waals surface area contributed by atoms with E-state index in [0.717, 1.165) is 0 Å². The number of methoxy groups -OCH3 is 3. The predicted octanol–water partition coefficient (Wildman–Crippen LogP) is 0.725. The minimum absolute atomic E-state index is 0.114. The smallest absolute Gasteiger partial charge is 0.309 e. The number of hydrogen-bond donors (Lipinski definition) is 0. The van der Waals surface area contributed by atoms with Gasteiger partial charge < -0.3 is 14.2 Å². The number of carbonyl (C=O) groups is 1. The van der Waals surface area contributed by atoms with E-state index in [1.807, 2.05) is 0 Å². The molecule has 0 aliphatic carbocycles. The lowest BCUT2D eigenvalue weighted by Gasteiger charge is -2.14. The monoisotopic (exact) mass is 174 g/mol. The van der Waals surface area contributed by atoms with Crippen molar-refractivity contribution in [2.75, 3.05) is 21.3 Å². The molecule has 0 heterocycles. The SMILES string of the molecule is C=C(CC(=O)OC)C(OC)OC. The molecule has 0 radical (unpaired) electrons. The standard InChI is InChI=1S/C8H14O4/c1-6(5-7(9)10-2)8(11-3)12-4/h8H,1,5H2,2-4H3. The molecule has 0 atom stereocenters. The minimum Gasteiger partial charge on any atom is -0.469 e. The Morgan fingerprint density at radius 3 is 2.17 bits per heavy atom. The molecule has 0 bridgehead atoms. The molecule has 4 nitrogen and oxygen atoms in total. The zero-order chi connectivity index (χ0) is 9.56. The van der Waals surface area contributed by atoms with E-state index in [2.05, 4.69) is 11.3 Å². The van der Waals surface area contributed by atoms with Crippen molar-refractivity contribution in [3.8, 4) is 0 Å². The molecule has 0 aliphatic heterocycles. The van der Waals surface area contributed by atoms with E-state index < -0.39 is 6.29 Å². The van der Waals surface area contributed by atoms with Gasteiger partial charge in [0.2, 0.25) is 0 Å². The molecule has 0 saturated carbocycles. The van der Waals surface area contributed by atoms with Crippen LogP contribution in [0.1, 0.15) is 6.42 Å². The van der Waals surface area contributed by atoms with Crippen molar-refractivity contribution in [3.05, 3.63) is 12.2 Å². The quantitative estimate of drug-likeness (QED) is 0.350. The van der Waals surface area contributed by atoms with E-state index in [4.69, 9.17) is 9.47 Å². The number of carbonyl (C=O) groups excluding carboxylic acids is 1. The van der Waals surface area contributed by atoms with Crippen LogP contribution in [0, 0.1) is 0 Å². The maximum Gasteiger partial charge on any atom is 0.309 e. The van der Waals surface area contributed by atoms with Crippen LogP contribution in [0.2, 0.25) is 0 Å². The molecule has 0 fully saturated rings. The zero-order valence-corrected chi connectivity index (χ0v) is 7.62. The van der Waals surface area contributed by atoms with Crippen LogP contribution in [0.5, 0.6) is 0 Å². The fourth-order valence-corrected chi connectivity index (χ4v) is 0.770. The Hall–Kier alpha value is -0.870. The van der Waals surface area contributed by atoms with Crippen LogP contribution in [-0.2, 0) is 19.0 Å². The average molecular weight is 174 g/mol. The van der Waals surface area contributed by atoms with E-state index in [1.54, 1.807) is 0 Å². The van der Waals surface area contributed by atoms with Gasteiger partial charge in [-0.3, -0.25) is 4.79 Å². The fraction of sp³-hybridized carbons (Fsp3) is 0.625. The summed E-state index contributed by atoms with van der Waals surface area (Å²) in [6.45, 7) is 3.63. The third-order valence-electron chi connectivity index (χ3n) is 1.36. The minimum atomic E-state index is -0.538. The van der Waals surface area contributed by atoms with Gasteiger partial charge in [0.05, 0.1) is 13.5 Å². The molecule has 0 rings (SSSR count). The van der Waals surface area contributed by atoms with E-state index in [-0.39, 0.29) is 12.4 Å². The highest BCUT2D eigenvalue weighted by molar-refractivity contribution is 5.72. The summed E-state index contributed by atoms with van der Waals surface area (Å²) in [5.74, 6) is -0.348. The zero-order valence-electron chi connectivity index (χ0n) is 7.62. The average Bonchev–Trinajstić information content (AvgIpc) is 2.06. The molecule has 70 valence electrons. The lowest BCUT2D eigenvalue weighted by Crippen LogP contribution is -2.18. The van der Waals surface area contributed by atoms with E-state index >= 15 is 0 Å². The lowest BCUT2D eigenvalue weighted by atomic mass is 10.2. The van der Waals surface area contributed by atoms with Crippen molar-refractivity contribution in [2.24, 2.45) is 0 Å². The van der Waals surface area contributed by atoms with Crippen LogP contribution in [0.3, 0.4) is 0 Å². The van der Waals surface area contributed by atoms with Gasteiger partial charge in [-0.15, -0.1) is 0 Å². The highest BCUT2D eigenvalue weighted by Crippen LogP contribution is 2.09. The molecular weight excluding hydrogens is 160 g/mol. The Morgan fingerprint density at radius 2 is 1.83 bits per heavy atom. The molecule has 0 saturated heterocycles. The van der Waals surface area contributed by atoms with Crippen LogP contribution in [0.4, 0.5) is 0 Å². The van der Waals surface area contributed by atoms with Gasteiger partial charge in [-0.2, -0.15) is 0 Å². The summed E-state index contributed by atoms with van der Waals surface area (Å²) < 4.78 is 14.2. The molecule has 0 aromatic heterocycles. The summed E-state index contributed by atoms with van der Waals surface area (Å²) in [5, 5.41) is 0. The first-order valence-electron chi connectivity index (χ1n) is 3.45. The number of hydrogen-bond acceptors (Lipinski definition) is 4. The molecule has 0 amide bonds. The van der Waals surface area contributed by atoms with Crippen molar-refractivity contribution >= 4 is 5.97 Å². The predicted molar refractivity (Wildman–Crippen MR) is 43.6 cm³/mol. The van der Waals surface area contributed by atoms with Crippen molar-refractivity contribution in [2.45, 2.75) is 12.7 Å². The second-order valence-electron chi connectivity index (χ2n) is 2.21. The van der Waals surface area contributed by atoms with Gasteiger partial charge in [0, 0.05) is 14.2 Å². The van der Waals surface area contributed by atoms with Crippen molar-refractivity contribution in [1.29, 1.82) is 0 Å². The third kappa shape index (κ3) is 3.50. The van der Waals surface area contributed by atoms with Crippen LogP contribution < -0.4 is 0 Å². The molecule has 0 aromatic rings. The summed E-state index contributed by atoms with van der Waals surface area (Å²) in [5.41, 5.74) is 0.548. The van der Waals surface area contributed by atoms with Crippen LogP contribution in [0.15, 0.2) is 12.2 Å². The van der Waals surface area contributed by atoms with Crippen molar-refractivity contribution in [1.82, 2.24) is 0 Å². The molecule has 0 N–H and O–H groups in total. The Bertz CT molecular complexity index is 160. The van der Waals surface area contributed by atoms with Crippen LogP contribution in [0.25, 0.3) is 0 Å². The van der Waals surface area contributed by atoms with Crippen molar-refractivity contribution < 1.29 is 19.0 Å². The molecule has 0 aliphatic rings. The Morgan fingerprint density at radius 1 is 1.33 bits per heavy atom. The fourth-order valence-electron chi connectivity index (χ4n) is 0.770. The topological polar surface area (TPSA) is 44.8 Å². The first-order chi connectivity index (χ1) is 5.65. The van der Waals surface area contributed by atoms with Gasteiger partial charge in [0.25, 0.3) is 0 Å². The molecule has 0 aromatic carbocycles. The molecule has 4 heteroatoms. The molecule has 0 spiro atoms. The second kappa shape index (κ2) is 5.74. The number of rotatable bonds is 5. The summed E-state index contributed by atoms with van der Waals surface area (Å²) >= 11 is 0. The molecule has 0 unspecified atom stereocenters. The van der Waals surface area contributed by atoms with E-state index in [0.29, 0.717) is 5.57 Å². The van der Waals surface area contributed by atoms with Gasteiger partial charge in [-0.1, -0.05) is 6.58 Å². The van der Waals surface area contributed by atoms with Crippen LogP contribution >= 0.6 is 0 Å². The summed E-state index contributed by atoms with van der Waals surface area (Å²) in [6, 6.07) is 0. The summed E-state index contributed by atoms with van der Waals surface area (Å²) in [4.78, 5) is 10.8. The molecule has 12 heavy (non-hydrogen) atoms. The third-order valence-corrected chi connectivity index (χ3v) is 1.36. The largest absolute Gasteiger partial charge is 0.469 e. The van der Waals surface area contributed by atoms with Gasteiger partial charge >= 0.3 is 5.97 Å². The first kappa shape index (κ1) is 11.1. The van der Waals surface area contributed by atoms with Crippen LogP contribution in [-0.4, -0.2) is 33.6 Å². The number of esters is 1.